The number of likely N-dealkylation sites (N-methyl/N-ethyl adjacent to an activating group) is 1. The molecule has 0 aliphatic carbocycles. The number of carbonyl (C=O) groups excluding carboxylic acids is 1. The second-order valence-electron chi connectivity index (χ2n) is 9.40. The Morgan fingerprint density at radius 2 is 1.97 bits per heavy atom. The third-order valence-electron chi connectivity index (χ3n) is 6.71. The fourth-order valence-corrected chi connectivity index (χ4v) is 5.17. The van der Waals surface area contributed by atoms with Gasteiger partial charge in [0.15, 0.2) is 0 Å². The Morgan fingerprint density at radius 1 is 1.20 bits per heavy atom. The average molecular weight is 408 g/mol. The van der Waals surface area contributed by atoms with Crippen LogP contribution in [0.2, 0.25) is 0 Å². The molecule has 0 spiro atoms. The average Bonchev–Trinajstić information content (AvgIpc) is 3.25. The molecule has 2 aromatic rings. The third kappa shape index (κ3) is 4.34. The highest BCUT2D eigenvalue weighted by Crippen LogP contribution is 2.40. The van der Waals surface area contributed by atoms with E-state index in [0.29, 0.717) is 24.8 Å². The predicted molar refractivity (Wildman–Crippen MR) is 118 cm³/mol. The second kappa shape index (κ2) is 8.58. The van der Waals surface area contributed by atoms with E-state index in [1.807, 2.05) is 18.2 Å². The van der Waals surface area contributed by atoms with Crippen LogP contribution in [-0.4, -0.2) is 64.5 Å². The first-order chi connectivity index (χ1) is 14.4. The number of ether oxygens (including phenoxy) is 1. The Kier molecular flexibility index (Phi) is 6.05. The Labute approximate surface area is 180 Å². The Balaban J connectivity index is 1.55. The van der Waals surface area contributed by atoms with Gasteiger partial charge in [-0.2, -0.15) is 0 Å². The molecule has 160 valence electrons. The maximum atomic E-state index is 13.8. The second-order valence-corrected chi connectivity index (χ2v) is 9.40. The topological polar surface area (TPSA) is 45.7 Å². The van der Waals surface area contributed by atoms with E-state index in [-0.39, 0.29) is 11.4 Å². The fourth-order valence-electron chi connectivity index (χ4n) is 5.17. The van der Waals surface area contributed by atoms with Crippen molar-refractivity contribution in [2.24, 2.45) is 0 Å². The van der Waals surface area contributed by atoms with E-state index in [2.05, 4.69) is 66.0 Å². The summed E-state index contributed by atoms with van der Waals surface area (Å²) in [5.41, 5.74) is 1.02. The molecule has 2 aliphatic heterocycles. The number of likely N-dealkylation sites (tertiary alicyclic amines) is 1. The van der Waals surface area contributed by atoms with Gasteiger partial charge in [0, 0.05) is 44.9 Å². The van der Waals surface area contributed by atoms with E-state index in [4.69, 9.17) is 4.74 Å². The first-order valence-electron chi connectivity index (χ1n) is 11.0. The highest BCUT2D eigenvalue weighted by molar-refractivity contribution is 6.02. The van der Waals surface area contributed by atoms with E-state index >= 15 is 0 Å². The number of aromatic nitrogens is 1. The molecule has 2 fully saturated rings. The summed E-state index contributed by atoms with van der Waals surface area (Å²) in [6, 6.07) is 16.6. The molecule has 2 aliphatic rings. The summed E-state index contributed by atoms with van der Waals surface area (Å²) in [5, 5.41) is 0. The van der Waals surface area contributed by atoms with Crippen LogP contribution in [0.15, 0.2) is 54.7 Å². The van der Waals surface area contributed by atoms with Gasteiger partial charge < -0.3 is 4.74 Å². The summed E-state index contributed by atoms with van der Waals surface area (Å²) < 4.78 is 6.01. The van der Waals surface area contributed by atoms with Crippen molar-refractivity contribution in [3.63, 3.8) is 0 Å². The maximum Gasteiger partial charge on any atom is 0.201 e. The molecule has 2 atom stereocenters. The van der Waals surface area contributed by atoms with Crippen molar-refractivity contribution in [3.8, 4) is 0 Å². The van der Waals surface area contributed by atoms with Crippen molar-refractivity contribution in [1.82, 2.24) is 14.8 Å². The molecule has 0 N–H and O–H groups in total. The molecular formula is C25H33N3O2. The van der Waals surface area contributed by atoms with Gasteiger partial charge in [0.2, 0.25) is 5.78 Å². The number of pyridine rings is 1. The number of carbonyl (C=O) groups is 1. The van der Waals surface area contributed by atoms with Gasteiger partial charge in [-0.1, -0.05) is 36.4 Å². The highest BCUT2D eigenvalue weighted by Gasteiger charge is 2.52. The van der Waals surface area contributed by atoms with Crippen LogP contribution in [0, 0.1) is 0 Å². The number of Topliss-reactive ketones (excluding diaryl/α,β-unsaturated/α-hetero) is 1. The van der Waals surface area contributed by atoms with Crippen LogP contribution in [0.1, 0.15) is 49.2 Å². The number of nitrogens with zero attached hydrogens (tertiary/aromatic N) is 3. The number of hydrogen-bond acceptors (Lipinski definition) is 5. The summed E-state index contributed by atoms with van der Waals surface area (Å²) >= 11 is 0. The minimum atomic E-state index is -0.543. The smallest absolute Gasteiger partial charge is 0.201 e. The van der Waals surface area contributed by atoms with Crippen LogP contribution in [0.3, 0.4) is 0 Å². The van der Waals surface area contributed by atoms with E-state index in [0.717, 1.165) is 32.5 Å². The molecule has 30 heavy (non-hydrogen) atoms. The summed E-state index contributed by atoms with van der Waals surface area (Å²) in [7, 11) is 2.20. The lowest BCUT2D eigenvalue weighted by molar-refractivity contribution is -0.104. The lowest BCUT2D eigenvalue weighted by atomic mass is 9.76. The van der Waals surface area contributed by atoms with Crippen LogP contribution in [0.25, 0.3) is 0 Å². The molecule has 0 bridgehead atoms. The predicted octanol–water partition coefficient (Wildman–Crippen LogP) is 3.80. The molecule has 1 aromatic heterocycles. The van der Waals surface area contributed by atoms with Gasteiger partial charge in [0.05, 0.1) is 11.1 Å². The van der Waals surface area contributed by atoms with Gasteiger partial charge in [-0.25, -0.2) is 0 Å². The van der Waals surface area contributed by atoms with Gasteiger partial charge in [-0.3, -0.25) is 19.6 Å². The first kappa shape index (κ1) is 21.2. The van der Waals surface area contributed by atoms with Crippen molar-refractivity contribution in [2.45, 2.75) is 56.8 Å². The molecule has 5 nitrogen and oxygen atoms in total. The lowest BCUT2D eigenvalue weighted by Crippen LogP contribution is -2.61. The molecule has 2 saturated heterocycles. The number of rotatable bonds is 6. The van der Waals surface area contributed by atoms with Crippen LogP contribution in [0.4, 0.5) is 0 Å². The van der Waals surface area contributed by atoms with Crippen LogP contribution >= 0.6 is 0 Å². The molecule has 5 heteroatoms. The summed E-state index contributed by atoms with van der Waals surface area (Å²) in [5.74, 6) is 0.144. The molecular weight excluding hydrogens is 374 g/mol. The summed E-state index contributed by atoms with van der Waals surface area (Å²) in [6.07, 6.45) is 4.21. The minimum Gasteiger partial charge on any atom is -0.375 e. The Bertz CT molecular complexity index is 855. The zero-order valence-corrected chi connectivity index (χ0v) is 18.4. The van der Waals surface area contributed by atoms with Gasteiger partial charge in [0.25, 0.3) is 0 Å². The van der Waals surface area contributed by atoms with Gasteiger partial charge in [-0.15, -0.1) is 0 Å². The zero-order valence-electron chi connectivity index (χ0n) is 18.4. The molecule has 0 radical (unpaired) electrons. The van der Waals surface area contributed by atoms with Crippen molar-refractivity contribution in [2.75, 3.05) is 26.7 Å². The summed E-state index contributed by atoms with van der Waals surface area (Å²) in [4.78, 5) is 23.1. The Hall–Kier alpha value is -2.08. The third-order valence-corrected chi connectivity index (χ3v) is 6.71. The van der Waals surface area contributed by atoms with E-state index < -0.39 is 5.54 Å². The monoisotopic (exact) mass is 407 g/mol. The van der Waals surface area contributed by atoms with Crippen LogP contribution < -0.4 is 0 Å². The molecule has 4 rings (SSSR count). The largest absolute Gasteiger partial charge is 0.375 e. The first-order valence-corrected chi connectivity index (χ1v) is 11.0. The minimum absolute atomic E-state index is 0.144. The van der Waals surface area contributed by atoms with Gasteiger partial charge in [-0.05, 0) is 51.4 Å². The molecule has 3 heterocycles. The van der Waals surface area contributed by atoms with Gasteiger partial charge in [0.1, 0.15) is 5.69 Å². The zero-order chi connectivity index (χ0) is 21.2. The highest BCUT2D eigenvalue weighted by atomic mass is 16.5. The maximum absolute atomic E-state index is 13.8. The fraction of sp³-hybridized carbons (Fsp3) is 0.520. The van der Waals surface area contributed by atoms with Crippen molar-refractivity contribution in [1.29, 1.82) is 0 Å². The quantitative estimate of drug-likeness (QED) is 0.682. The van der Waals surface area contributed by atoms with E-state index in [1.165, 1.54) is 5.56 Å². The Morgan fingerprint density at radius 3 is 2.67 bits per heavy atom. The van der Waals surface area contributed by atoms with Crippen molar-refractivity contribution >= 4 is 5.78 Å². The van der Waals surface area contributed by atoms with Crippen LogP contribution in [0.5, 0.6) is 0 Å². The van der Waals surface area contributed by atoms with E-state index in [9.17, 15) is 4.79 Å². The number of ketones is 1. The molecule has 1 unspecified atom stereocenters. The number of hydrogen-bond donors (Lipinski definition) is 0. The molecule has 0 saturated carbocycles. The lowest BCUT2D eigenvalue weighted by Gasteiger charge is -2.48. The summed E-state index contributed by atoms with van der Waals surface area (Å²) in [6.45, 7) is 7.56. The molecule has 1 aromatic carbocycles. The molecule has 0 amide bonds. The van der Waals surface area contributed by atoms with Crippen molar-refractivity contribution in [3.05, 3.63) is 66.0 Å². The SMILES string of the molecule is CN(Cc1ccccc1)[C@H]1CCN(C2(C(=O)c3ccccn3)CCOC(C)(C)C2)C1. The van der Waals surface area contributed by atoms with Crippen LogP contribution in [-0.2, 0) is 11.3 Å². The normalized spacial score (nSPS) is 26.7. The van der Waals surface area contributed by atoms with Crippen molar-refractivity contribution < 1.29 is 9.53 Å². The van der Waals surface area contributed by atoms with E-state index in [1.54, 1.807) is 6.20 Å². The number of benzene rings is 1. The standard InChI is InChI=1S/C25H33N3O2/c1-24(2)19-25(13-16-30-24,23(29)22-11-7-8-14-26-22)28-15-12-21(18-28)27(3)17-20-9-5-4-6-10-20/h4-11,14,21H,12-13,15-19H2,1-3H3/t21-,25?/m0/s1. The van der Waals surface area contributed by atoms with Gasteiger partial charge >= 0.3 is 0 Å².